The Morgan fingerprint density at radius 1 is 1.15 bits per heavy atom. The monoisotopic (exact) mass is 372 g/mol. The van der Waals surface area contributed by atoms with Gasteiger partial charge in [0.1, 0.15) is 5.75 Å². The first-order valence-electron chi connectivity index (χ1n) is 10.7. The zero-order valence-electron chi connectivity index (χ0n) is 16.9. The third-order valence-corrected chi connectivity index (χ3v) is 6.17. The number of benzene rings is 1. The van der Waals surface area contributed by atoms with Crippen LogP contribution < -0.4 is 4.74 Å². The fraction of sp³-hybridized carbons (Fsp3) is 0.652. The minimum Gasteiger partial charge on any atom is -0.496 e. The van der Waals surface area contributed by atoms with Gasteiger partial charge in [-0.15, -0.1) is 0 Å². The Kier molecular flexibility index (Phi) is 8.18. The minimum absolute atomic E-state index is 0.288. The van der Waals surface area contributed by atoms with Crippen LogP contribution in [0.25, 0.3) is 6.08 Å². The molecule has 0 unspecified atom stereocenters. The molecule has 1 saturated heterocycles. The largest absolute Gasteiger partial charge is 0.496 e. The quantitative estimate of drug-likeness (QED) is 0.755. The molecule has 1 saturated carbocycles. The van der Waals surface area contributed by atoms with Crippen molar-refractivity contribution in [1.29, 1.82) is 0 Å². The maximum atomic E-state index is 9.54. The van der Waals surface area contributed by atoms with Crippen LogP contribution in [0.4, 0.5) is 0 Å². The van der Waals surface area contributed by atoms with Crippen molar-refractivity contribution in [2.75, 3.05) is 46.4 Å². The predicted octanol–water partition coefficient (Wildman–Crippen LogP) is 3.66. The van der Waals surface area contributed by atoms with Gasteiger partial charge in [0, 0.05) is 50.9 Å². The van der Waals surface area contributed by atoms with Crippen molar-refractivity contribution < 1.29 is 9.84 Å². The van der Waals surface area contributed by atoms with Crippen LogP contribution in [0.1, 0.15) is 44.1 Å². The van der Waals surface area contributed by atoms with Gasteiger partial charge in [0.15, 0.2) is 0 Å². The molecule has 0 radical (unpaired) electrons. The van der Waals surface area contributed by atoms with E-state index in [-0.39, 0.29) is 6.61 Å². The van der Waals surface area contributed by atoms with Gasteiger partial charge >= 0.3 is 0 Å². The summed E-state index contributed by atoms with van der Waals surface area (Å²) in [6.07, 6.45) is 12.3. The topological polar surface area (TPSA) is 35.9 Å². The number of para-hydroxylation sites is 1. The first kappa shape index (κ1) is 20.4. The summed E-state index contributed by atoms with van der Waals surface area (Å²) in [5.74, 6) is 1.79. The molecule has 4 nitrogen and oxygen atoms in total. The molecule has 1 heterocycles. The zero-order valence-corrected chi connectivity index (χ0v) is 16.9. The van der Waals surface area contributed by atoms with Crippen molar-refractivity contribution >= 4 is 6.08 Å². The smallest absolute Gasteiger partial charge is 0.126 e. The van der Waals surface area contributed by atoms with Crippen molar-refractivity contribution in [2.45, 2.75) is 44.6 Å². The molecule has 1 aromatic carbocycles. The Hall–Kier alpha value is -1.36. The summed E-state index contributed by atoms with van der Waals surface area (Å²) in [6.45, 7) is 5.78. The number of piperazine rings is 1. The van der Waals surface area contributed by atoms with E-state index in [0.29, 0.717) is 6.04 Å². The lowest BCUT2D eigenvalue weighted by Gasteiger charge is -2.43. The zero-order chi connectivity index (χ0) is 18.9. The number of aliphatic hydroxyl groups excluding tert-OH is 1. The van der Waals surface area contributed by atoms with Gasteiger partial charge in [-0.25, -0.2) is 0 Å². The van der Waals surface area contributed by atoms with Crippen LogP contribution in [-0.2, 0) is 0 Å². The van der Waals surface area contributed by atoms with Gasteiger partial charge in [-0.3, -0.25) is 9.80 Å². The van der Waals surface area contributed by atoms with Gasteiger partial charge in [-0.2, -0.15) is 0 Å². The van der Waals surface area contributed by atoms with Gasteiger partial charge in [-0.05, 0) is 31.2 Å². The fourth-order valence-electron chi connectivity index (χ4n) is 4.62. The molecule has 0 bridgehead atoms. The van der Waals surface area contributed by atoms with Crippen LogP contribution in [-0.4, -0.2) is 67.4 Å². The molecule has 1 N–H and O–H groups in total. The third-order valence-electron chi connectivity index (χ3n) is 6.17. The van der Waals surface area contributed by atoms with Gasteiger partial charge in [0.05, 0.1) is 7.11 Å². The Morgan fingerprint density at radius 2 is 1.96 bits per heavy atom. The molecule has 0 amide bonds. The van der Waals surface area contributed by atoms with Crippen LogP contribution in [0.15, 0.2) is 30.3 Å². The summed E-state index contributed by atoms with van der Waals surface area (Å²) >= 11 is 0. The molecule has 1 aromatic rings. The number of nitrogens with zero attached hydrogens (tertiary/aromatic N) is 2. The molecule has 1 atom stereocenters. The first-order valence-corrected chi connectivity index (χ1v) is 10.7. The highest BCUT2D eigenvalue weighted by Crippen LogP contribution is 2.26. The fourth-order valence-corrected chi connectivity index (χ4v) is 4.62. The predicted molar refractivity (Wildman–Crippen MR) is 112 cm³/mol. The highest BCUT2D eigenvalue weighted by molar-refractivity contribution is 5.57. The molecule has 4 heteroatoms. The van der Waals surface area contributed by atoms with E-state index in [2.05, 4.69) is 28.0 Å². The van der Waals surface area contributed by atoms with E-state index in [1.165, 1.54) is 38.6 Å². The SMILES string of the molecule is COc1ccccc1/C=C/CN1CCN(CC2CCCCC2)[C@@H](CCO)C1. The molecule has 0 spiro atoms. The lowest BCUT2D eigenvalue weighted by Crippen LogP contribution is -2.54. The van der Waals surface area contributed by atoms with E-state index in [9.17, 15) is 5.11 Å². The standard InChI is InChI=1S/C23H36N2O2/c1-27-23-12-6-5-10-21(23)11-7-14-24-15-16-25(22(19-24)13-17-26)18-20-8-3-2-4-9-20/h5-7,10-12,20,22,26H,2-4,8-9,13-19H2,1H3/b11-7+/t22-/m0/s1. The number of ether oxygens (including phenoxy) is 1. The summed E-state index contributed by atoms with van der Waals surface area (Å²) < 4.78 is 5.42. The van der Waals surface area contributed by atoms with Crippen molar-refractivity contribution in [3.63, 3.8) is 0 Å². The molecule has 2 aliphatic rings. The molecule has 2 fully saturated rings. The van der Waals surface area contributed by atoms with Crippen LogP contribution >= 0.6 is 0 Å². The molecule has 1 aliphatic carbocycles. The van der Waals surface area contributed by atoms with E-state index >= 15 is 0 Å². The lowest BCUT2D eigenvalue weighted by atomic mass is 9.88. The van der Waals surface area contributed by atoms with Gasteiger partial charge in [0.25, 0.3) is 0 Å². The van der Waals surface area contributed by atoms with Crippen molar-refractivity contribution in [3.05, 3.63) is 35.9 Å². The summed E-state index contributed by atoms with van der Waals surface area (Å²) in [4.78, 5) is 5.18. The molecular weight excluding hydrogens is 336 g/mol. The lowest BCUT2D eigenvalue weighted by molar-refractivity contribution is 0.0485. The second kappa shape index (κ2) is 10.8. The molecule has 3 rings (SSSR count). The number of rotatable bonds is 8. The average molecular weight is 373 g/mol. The Bertz CT molecular complexity index is 583. The van der Waals surface area contributed by atoms with Gasteiger partial charge in [-0.1, -0.05) is 49.6 Å². The minimum atomic E-state index is 0.288. The average Bonchev–Trinajstić information content (AvgIpc) is 2.71. The summed E-state index contributed by atoms with van der Waals surface area (Å²) in [5, 5.41) is 9.54. The Balaban J connectivity index is 1.52. The van der Waals surface area contributed by atoms with Crippen LogP contribution in [0, 0.1) is 5.92 Å². The van der Waals surface area contributed by atoms with E-state index < -0.39 is 0 Å². The number of aliphatic hydroxyl groups is 1. The van der Waals surface area contributed by atoms with E-state index in [1.807, 2.05) is 18.2 Å². The molecule has 150 valence electrons. The van der Waals surface area contributed by atoms with Crippen LogP contribution in [0.3, 0.4) is 0 Å². The Labute approximate surface area is 164 Å². The van der Waals surface area contributed by atoms with Crippen molar-refractivity contribution in [2.24, 2.45) is 5.92 Å². The normalized spacial score (nSPS) is 23.1. The summed E-state index contributed by atoms with van der Waals surface area (Å²) in [7, 11) is 1.72. The second-order valence-electron chi connectivity index (χ2n) is 8.07. The number of hydrogen-bond acceptors (Lipinski definition) is 4. The summed E-state index contributed by atoms with van der Waals surface area (Å²) in [5.41, 5.74) is 1.13. The number of methoxy groups -OCH3 is 1. The first-order chi connectivity index (χ1) is 13.3. The van der Waals surface area contributed by atoms with Crippen LogP contribution in [0.2, 0.25) is 0 Å². The van der Waals surface area contributed by atoms with Gasteiger partial charge < -0.3 is 9.84 Å². The van der Waals surface area contributed by atoms with Crippen molar-refractivity contribution in [1.82, 2.24) is 9.80 Å². The number of hydrogen-bond donors (Lipinski definition) is 1. The molecule has 27 heavy (non-hydrogen) atoms. The maximum Gasteiger partial charge on any atom is 0.126 e. The highest BCUT2D eigenvalue weighted by atomic mass is 16.5. The van der Waals surface area contributed by atoms with E-state index in [4.69, 9.17) is 4.74 Å². The van der Waals surface area contributed by atoms with E-state index in [1.54, 1.807) is 7.11 Å². The summed E-state index contributed by atoms with van der Waals surface area (Å²) in [6, 6.07) is 8.63. The van der Waals surface area contributed by atoms with Crippen LogP contribution in [0.5, 0.6) is 5.75 Å². The molecule has 1 aliphatic heterocycles. The third kappa shape index (κ3) is 6.06. The maximum absolute atomic E-state index is 9.54. The molecular formula is C23H36N2O2. The second-order valence-corrected chi connectivity index (χ2v) is 8.07. The highest BCUT2D eigenvalue weighted by Gasteiger charge is 2.28. The van der Waals surface area contributed by atoms with Crippen molar-refractivity contribution in [3.8, 4) is 5.75 Å². The van der Waals surface area contributed by atoms with Gasteiger partial charge in [0.2, 0.25) is 0 Å². The Morgan fingerprint density at radius 3 is 2.74 bits per heavy atom. The van der Waals surface area contributed by atoms with E-state index in [0.717, 1.165) is 49.8 Å². The molecule has 0 aromatic heterocycles.